The second-order valence-electron chi connectivity index (χ2n) is 13.6. The Labute approximate surface area is 272 Å². The second-order valence-corrected chi connectivity index (χ2v) is 13.6. The topological polar surface area (TPSA) is 110 Å². The molecule has 2 aliphatic carbocycles. The zero-order chi connectivity index (χ0) is 32.4. The van der Waals surface area contributed by atoms with E-state index in [1.165, 1.54) is 0 Å². The molecule has 2 aromatic heterocycles. The number of hydrogen-bond donors (Lipinski definition) is 3. The van der Waals surface area contributed by atoms with E-state index in [0.29, 0.717) is 29.6 Å². The minimum atomic E-state index is -0.267. The largest absolute Gasteiger partial charge is 0.357 e. The van der Waals surface area contributed by atoms with Gasteiger partial charge in [0.25, 0.3) is 11.5 Å². The van der Waals surface area contributed by atoms with Gasteiger partial charge in [0.15, 0.2) is 0 Å². The van der Waals surface area contributed by atoms with E-state index >= 15 is 0 Å². The molecule has 3 N–H and O–H groups in total. The lowest BCUT2D eigenvalue weighted by Crippen LogP contribution is -2.41. The first-order valence-corrected chi connectivity index (χ1v) is 17.0. The van der Waals surface area contributed by atoms with Gasteiger partial charge in [-0.1, -0.05) is 12.8 Å². The number of nitrogens with zero attached hydrogens (tertiary/aromatic N) is 3. The number of aromatic nitrogens is 2. The molecule has 3 heterocycles. The van der Waals surface area contributed by atoms with Gasteiger partial charge in [0.05, 0.1) is 0 Å². The summed E-state index contributed by atoms with van der Waals surface area (Å²) in [6, 6.07) is 10.6. The fraction of sp³-hybridized carbons (Fsp3) is 0.514. The Morgan fingerprint density at radius 3 is 2.35 bits per heavy atom. The Morgan fingerprint density at radius 2 is 1.72 bits per heavy atom. The third-order valence-electron chi connectivity index (χ3n) is 10.3. The Morgan fingerprint density at radius 1 is 0.978 bits per heavy atom. The molecular formula is C37H48N6O3. The number of carbonyl (C=O) groups is 2. The predicted octanol–water partition coefficient (Wildman–Crippen LogP) is 5.41. The van der Waals surface area contributed by atoms with E-state index in [0.717, 1.165) is 104 Å². The zero-order valence-electron chi connectivity index (χ0n) is 27.7. The van der Waals surface area contributed by atoms with Gasteiger partial charge in [0, 0.05) is 72.4 Å². The van der Waals surface area contributed by atoms with Gasteiger partial charge < -0.3 is 25.4 Å². The van der Waals surface area contributed by atoms with Gasteiger partial charge in [0.2, 0.25) is 5.91 Å². The van der Waals surface area contributed by atoms with Crippen molar-refractivity contribution in [2.75, 3.05) is 36.5 Å². The van der Waals surface area contributed by atoms with Crippen molar-refractivity contribution in [3.63, 3.8) is 0 Å². The van der Waals surface area contributed by atoms with Crippen LogP contribution in [-0.2, 0) is 11.3 Å². The first-order valence-electron chi connectivity index (χ1n) is 17.0. The van der Waals surface area contributed by atoms with Crippen molar-refractivity contribution in [2.24, 2.45) is 11.8 Å². The van der Waals surface area contributed by atoms with Crippen LogP contribution in [0.1, 0.15) is 84.1 Å². The summed E-state index contributed by atoms with van der Waals surface area (Å²) in [5.74, 6) is 1.39. The number of rotatable bonds is 10. The van der Waals surface area contributed by atoms with Crippen LogP contribution in [0.15, 0.2) is 41.3 Å². The highest BCUT2D eigenvalue weighted by atomic mass is 16.2. The summed E-state index contributed by atoms with van der Waals surface area (Å²) in [7, 11) is 2.02. The number of piperidine rings is 1. The van der Waals surface area contributed by atoms with E-state index in [1.807, 2.05) is 51.0 Å². The standard InChI is InChI=1S/C37H48N6O3/c1-23-17-24(2)41-36(45)32(23)21-40-35(44)31-18-29(28-11-12-34(39-20-28)42-15-13-30(38-4)14-16-42)19-33(25(31)3)43(22-26-9-10-26)37(46)27-7-5-6-8-27/h11-12,17-20,26-27,30,38H,5-10,13-16,21-22H2,1-4H3,(H,40,44)(H,41,45). The first-order chi connectivity index (χ1) is 22.2. The van der Waals surface area contributed by atoms with Gasteiger partial charge in [-0.3, -0.25) is 14.4 Å². The van der Waals surface area contributed by atoms with Gasteiger partial charge >= 0.3 is 0 Å². The molecule has 0 spiro atoms. The highest BCUT2D eigenvalue weighted by Crippen LogP contribution is 2.38. The minimum Gasteiger partial charge on any atom is -0.357 e. The molecule has 3 aromatic rings. The van der Waals surface area contributed by atoms with Crippen molar-refractivity contribution in [3.05, 3.63) is 74.8 Å². The fourth-order valence-corrected chi connectivity index (χ4v) is 7.15. The van der Waals surface area contributed by atoms with E-state index in [2.05, 4.69) is 38.7 Å². The third kappa shape index (κ3) is 7.04. The van der Waals surface area contributed by atoms with E-state index in [-0.39, 0.29) is 29.8 Å². The molecule has 0 radical (unpaired) electrons. The fourth-order valence-electron chi connectivity index (χ4n) is 7.15. The van der Waals surface area contributed by atoms with Crippen LogP contribution in [0.3, 0.4) is 0 Å². The quantitative estimate of drug-likeness (QED) is 0.278. The molecule has 3 aliphatic rings. The number of aromatic amines is 1. The van der Waals surface area contributed by atoms with Gasteiger partial charge in [-0.2, -0.15) is 0 Å². The highest BCUT2D eigenvalue weighted by molar-refractivity contribution is 6.02. The van der Waals surface area contributed by atoms with Crippen molar-refractivity contribution < 1.29 is 9.59 Å². The average molecular weight is 625 g/mol. The SMILES string of the molecule is CNC1CCN(c2ccc(-c3cc(C(=O)NCc4c(C)cc(C)[nH]c4=O)c(C)c(N(CC4CC4)C(=O)C4CCCC4)c3)cn2)CC1. The van der Waals surface area contributed by atoms with Crippen LogP contribution in [-0.4, -0.2) is 54.5 Å². The number of carbonyl (C=O) groups excluding carboxylic acids is 2. The highest BCUT2D eigenvalue weighted by Gasteiger charge is 2.34. The summed E-state index contributed by atoms with van der Waals surface area (Å²) in [4.78, 5) is 52.6. The molecule has 9 heteroatoms. The molecule has 1 aliphatic heterocycles. The van der Waals surface area contributed by atoms with Crippen molar-refractivity contribution in [2.45, 2.75) is 84.7 Å². The normalized spacial score (nSPS) is 17.3. The van der Waals surface area contributed by atoms with Crippen molar-refractivity contribution in [3.8, 4) is 11.1 Å². The maximum absolute atomic E-state index is 14.0. The van der Waals surface area contributed by atoms with E-state index in [1.54, 1.807) is 0 Å². The van der Waals surface area contributed by atoms with E-state index in [9.17, 15) is 14.4 Å². The Balaban J connectivity index is 1.34. The van der Waals surface area contributed by atoms with E-state index < -0.39 is 0 Å². The molecular weight excluding hydrogens is 576 g/mol. The van der Waals surface area contributed by atoms with Gasteiger partial charge in [-0.25, -0.2) is 4.98 Å². The number of hydrogen-bond acceptors (Lipinski definition) is 6. The molecule has 1 aromatic carbocycles. The van der Waals surface area contributed by atoms with E-state index in [4.69, 9.17) is 4.98 Å². The molecule has 2 saturated carbocycles. The smallest absolute Gasteiger partial charge is 0.253 e. The number of amides is 2. The molecule has 0 bridgehead atoms. The number of benzene rings is 1. The summed E-state index contributed by atoms with van der Waals surface area (Å²) in [5.41, 5.74) is 5.81. The third-order valence-corrected chi connectivity index (χ3v) is 10.3. The molecule has 9 nitrogen and oxygen atoms in total. The number of anilines is 2. The number of nitrogens with one attached hydrogen (secondary N) is 3. The molecule has 6 rings (SSSR count). The lowest BCUT2D eigenvalue weighted by molar-refractivity contribution is -0.122. The molecule has 0 atom stereocenters. The lowest BCUT2D eigenvalue weighted by atomic mass is 9.96. The van der Waals surface area contributed by atoms with Crippen LogP contribution in [0.5, 0.6) is 0 Å². The monoisotopic (exact) mass is 624 g/mol. The maximum atomic E-state index is 14.0. The predicted molar refractivity (Wildman–Crippen MR) is 183 cm³/mol. The van der Waals surface area contributed by atoms with Gasteiger partial charge in [-0.15, -0.1) is 0 Å². The van der Waals surface area contributed by atoms with Crippen LogP contribution < -0.4 is 26.0 Å². The lowest BCUT2D eigenvalue weighted by Gasteiger charge is -2.32. The first kappa shape index (κ1) is 32.0. The molecule has 244 valence electrons. The van der Waals surface area contributed by atoms with Crippen LogP contribution in [0.4, 0.5) is 11.5 Å². The Bertz CT molecular complexity index is 1630. The summed E-state index contributed by atoms with van der Waals surface area (Å²) < 4.78 is 0. The maximum Gasteiger partial charge on any atom is 0.253 e. The molecule has 1 saturated heterocycles. The second kappa shape index (κ2) is 13.8. The summed E-state index contributed by atoms with van der Waals surface area (Å²) in [6.45, 7) is 8.39. The van der Waals surface area contributed by atoms with Crippen molar-refractivity contribution in [1.82, 2.24) is 20.6 Å². The minimum absolute atomic E-state index is 0.0309. The zero-order valence-corrected chi connectivity index (χ0v) is 27.7. The molecule has 2 amide bonds. The molecule has 3 fully saturated rings. The number of pyridine rings is 2. The van der Waals surface area contributed by atoms with Crippen LogP contribution in [0.25, 0.3) is 11.1 Å². The van der Waals surface area contributed by atoms with Gasteiger partial charge in [0.1, 0.15) is 5.82 Å². The summed E-state index contributed by atoms with van der Waals surface area (Å²) >= 11 is 0. The Kier molecular flexibility index (Phi) is 9.59. The number of H-pyrrole nitrogens is 1. The summed E-state index contributed by atoms with van der Waals surface area (Å²) in [5, 5.41) is 6.39. The summed E-state index contributed by atoms with van der Waals surface area (Å²) in [6.07, 6.45) is 10.3. The van der Waals surface area contributed by atoms with Crippen LogP contribution in [0, 0.1) is 32.6 Å². The average Bonchev–Trinajstić information content (AvgIpc) is 3.71. The molecule has 0 unspecified atom stereocenters. The molecule has 46 heavy (non-hydrogen) atoms. The van der Waals surface area contributed by atoms with Crippen LogP contribution >= 0.6 is 0 Å². The number of aryl methyl sites for hydroxylation is 2. The van der Waals surface area contributed by atoms with Crippen molar-refractivity contribution >= 4 is 23.3 Å². The van der Waals surface area contributed by atoms with Gasteiger partial charge in [-0.05, 0) is 119 Å². The van der Waals surface area contributed by atoms with Crippen LogP contribution in [0.2, 0.25) is 0 Å². The Hall–Kier alpha value is -3.98. The van der Waals surface area contributed by atoms with Crippen molar-refractivity contribution in [1.29, 1.82) is 0 Å².